The molecule has 5 nitrogen and oxygen atoms in total. The maximum Gasteiger partial charge on any atom is 0.269 e. The van der Waals surface area contributed by atoms with Gasteiger partial charge in [-0.3, -0.25) is 15.1 Å². The van der Waals surface area contributed by atoms with E-state index in [1.54, 1.807) is 17.9 Å². The number of anilines is 1. The summed E-state index contributed by atoms with van der Waals surface area (Å²) < 4.78 is 0. The van der Waals surface area contributed by atoms with Gasteiger partial charge in [-0.2, -0.15) is 0 Å². The van der Waals surface area contributed by atoms with E-state index in [9.17, 15) is 4.79 Å². The molecule has 0 aliphatic carbocycles. The topological polar surface area (TPSA) is 70.7 Å². The summed E-state index contributed by atoms with van der Waals surface area (Å²) in [5.74, 6) is 0.246. The Kier molecular flexibility index (Phi) is 2.05. The van der Waals surface area contributed by atoms with Crippen molar-refractivity contribution in [2.24, 2.45) is 0 Å². The van der Waals surface area contributed by atoms with Crippen molar-refractivity contribution in [1.82, 2.24) is 15.0 Å². The van der Waals surface area contributed by atoms with Crippen LogP contribution in [-0.4, -0.2) is 20.9 Å². The van der Waals surface area contributed by atoms with E-state index in [2.05, 4.69) is 20.3 Å². The predicted octanol–water partition coefficient (Wildman–Crippen LogP) is 1.12. The third kappa shape index (κ3) is 1.73. The zero-order valence-electron chi connectivity index (χ0n) is 6.52. The number of nitrogens with one attached hydrogen (secondary N) is 2. The zero-order chi connectivity index (χ0) is 9.10. The summed E-state index contributed by atoms with van der Waals surface area (Å²) in [6.45, 7) is 0. The Hall–Kier alpha value is -1.69. The standard InChI is InChI=1S/C7H6N4OS/c12-6(5-3-8-4-13-5)11-7-9-1-2-10-7/h1-4H,(H2,9,10,11,12). The Morgan fingerprint density at radius 1 is 1.62 bits per heavy atom. The van der Waals surface area contributed by atoms with Gasteiger partial charge in [-0.05, 0) is 0 Å². The Balaban J connectivity index is 2.08. The molecular formula is C7H6N4OS. The summed E-state index contributed by atoms with van der Waals surface area (Å²) >= 11 is 1.29. The minimum Gasteiger partial charge on any atom is -0.331 e. The van der Waals surface area contributed by atoms with E-state index in [1.807, 2.05) is 0 Å². The number of carbonyl (C=O) groups is 1. The highest BCUT2D eigenvalue weighted by Gasteiger charge is 2.07. The van der Waals surface area contributed by atoms with Gasteiger partial charge in [-0.1, -0.05) is 0 Å². The number of hydrogen-bond acceptors (Lipinski definition) is 4. The first-order chi connectivity index (χ1) is 6.36. The van der Waals surface area contributed by atoms with Crippen molar-refractivity contribution < 1.29 is 4.79 Å². The van der Waals surface area contributed by atoms with Crippen molar-refractivity contribution in [3.8, 4) is 0 Å². The van der Waals surface area contributed by atoms with Crippen LogP contribution in [0, 0.1) is 0 Å². The normalized spacial score (nSPS) is 9.85. The largest absolute Gasteiger partial charge is 0.331 e. The minimum atomic E-state index is -0.197. The molecule has 0 aliphatic rings. The van der Waals surface area contributed by atoms with Crippen molar-refractivity contribution in [2.45, 2.75) is 0 Å². The van der Waals surface area contributed by atoms with Crippen LogP contribution in [0.5, 0.6) is 0 Å². The first kappa shape index (κ1) is 7.93. The van der Waals surface area contributed by atoms with Gasteiger partial charge in [0.15, 0.2) is 0 Å². The second kappa shape index (κ2) is 3.36. The molecule has 0 atom stereocenters. The SMILES string of the molecule is O=C(Nc1ncc[nH]1)c1cncs1. The summed E-state index contributed by atoms with van der Waals surface area (Å²) in [5, 5.41) is 2.59. The lowest BCUT2D eigenvalue weighted by atomic mass is 10.5. The first-order valence-electron chi connectivity index (χ1n) is 3.55. The highest BCUT2D eigenvalue weighted by molar-refractivity contribution is 7.11. The van der Waals surface area contributed by atoms with Crippen LogP contribution < -0.4 is 5.32 Å². The average molecular weight is 194 g/mol. The van der Waals surface area contributed by atoms with E-state index in [0.29, 0.717) is 10.8 Å². The molecule has 0 spiro atoms. The number of hydrogen-bond donors (Lipinski definition) is 2. The van der Waals surface area contributed by atoms with Crippen molar-refractivity contribution >= 4 is 23.2 Å². The highest BCUT2D eigenvalue weighted by Crippen LogP contribution is 2.07. The molecule has 0 radical (unpaired) electrons. The van der Waals surface area contributed by atoms with Gasteiger partial charge in [0.25, 0.3) is 5.91 Å². The van der Waals surface area contributed by atoms with Gasteiger partial charge in [-0.15, -0.1) is 11.3 Å². The number of aromatic nitrogens is 3. The molecule has 0 saturated carbocycles. The van der Waals surface area contributed by atoms with E-state index in [1.165, 1.54) is 17.5 Å². The molecule has 0 aromatic carbocycles. The molecule has 6 heteroatoms. The average Bonchev–Trinajstić information content (AvgIpc) is 2.74. The molecule has 0 unspecified atom stereocenters. The van der Waals surface area contributed by atoms with Gasteiger partial charge in [0.05, 0.1) is 11.7 Å². The Bertz CT molecular complexity index is 381. The Morgan fingerprint density at radius 2 is 2.54 bits per heavy atom. The van der Waals surface area contributed by atoms with Crippen LogP contribution in [0.4, 0.5) is 5.95 Å². The van der Waals surface area contributed by atoms with E-state index >= 15 is 0 Å². The molecule has 2 N–H and O–H groups in total. The number of nitrogens with zero attached hydrogens (tertiary/aromatic N) is 2. The fourth-order valence-corrected chi connectivity index (χ4v) is 1.35. The lowest BCUT2D eigenvalue weighted by molar-refractivity contribution is 0.102. The lowest BCUT2D eigenvalue weighted by Gasteiger charge is -1.96. The minimum absolute atomic E-state index is 0.197. The van der Waals surface area contributed by atoms with Crippen LogP contribution in [0.1, 0.15) is 9.67 Å². The van der Waals surface area contributed by atoms with Crippen molar-refractivity contribution in [1.29, 1.82) is 0 Å². The van der Waals surface area contributed by atoms with Crippen LogP contribution in [0.15, 0.2) is 24.1 Å². The molecule has 2 rings (SSSR count). The number of aromatic amines is 1. The fourth-order valence-electron chi connectivity index (χ4n) is 0.831. The zero-order valence-corrected chi connectivity index (χ0v) is 7.34. The van der Waals surface area contributed by atoms with Gasteiger partial charge in [-0.25, -0.2) is 4.98 Å². The molecule has 2 heterocycles. The van der Waals surface area contributed by atoms with Crippen LogP contribution >= 0.6 is 11.3 Å². The molecule has 2 aromatic heterocycles. The van der Waals surface area contributed by atoms with Crippen molar-refractivity contribution in [3.63, 3.8) is 0 Å². The molecule has 66 valence electrons. The smallest absolute Gasteiger partial charge is 0.269 e. The number of H-pyrrole nitrogens is 1. The van der Waals surface area contributed by atoms with Crippen molar-refractivity contribution in [3.05, 3.63) is 29.0 Å². The molecular weight excluding hydrogens is 188 g/mol. The molecule has 0 aliphatic heterocycles. The van der Waals surface area contributed by atoms with Gasteiger partial charge in [0, 0.05) is 12.4 Å². The third-order valence-electron chi connectivity index (χ3n) is 1.39. The molecule has 0 saturated heterocycles. The summed E-state index contributed by atoms with van der Waals surface area (Å²) in [5.41, 5.74) is 1.61. The van der Waals surface area contributed by atoms with Crippen LogP contribution in [0.3, 0.4) is 0 Å². The molecule has 1 amide bonds. The third-order valence-corrected chi connectivity index (χ3v) is 2.16. The highest BCUT2D eigenvalue weighted by atomic mass is 32.1. The Morgan fingerprint density at radius 3 is 3.15 bits per heavy atom. The number of carbonyl (C=O) groups excluding carboxylic acids is 1. The second-order valence-corrected chi connectivity index (χ2v) is 3.14. The van der Waals surface area contributed by atoms with E-state index in [4.69, 9.17) is 0 Å². The fraction of sp³-hybridized carbons (Fsp3) is 0. The van der Waals surface area contributed by atoms with Crippen LogP contribution in [0.25, 0.3) is 0 Å². The molecule has 0 fully saturated rings. The second-order valence-electron chi connectivity index (χ2n) is 2.26. The van der Waals surface area contributed by atoms with E-state index < -0.39 is 0 Å². The predicted molar refractivity (Wildman–Crippen MR) is 48.7 cm³/mol. The van der Waals surface area contributed by atoms with Crippen LogP contribution in [0.2, 0.25) is 0 Å². The summed E-state index contributed by atoms with van der Waals surface area (Å²) in [6, 6.07) is 0. The summed E-state index contributed by atoms with van der Waals surface area (Å²) in [6.07, 6.45) is 4.73. The first-order valence-corrected chi connectivity index (χ1v) is 4.43. The number of imidazole rings is 1. The van der Waals surface area contributed by atoms with E-state index in [-0.39, 0.29) is 5.91 Å². The number of rotatable bonds is 2. The Labute approximate surface area is 77.9 Å². The summed E-state index contributed by atoms with van der Waals surface area (Å²) in [4.78, 5) is 22.4. The monoisotopic (exact) mass is 194 g/mol. The maximum atomic E-state index is 11.4. The van der Waals surface area contributed by atoms with Crippen molar-refractivity contribution in [2.75, 3.05) is 5.32 Å². The van der Waals surface area contributed by atoms with Gasteiger partial charge >= 0.3 is 0 Å². The molecule has 0 bridgehead atoms. The van der Waals surface area contributed by atoms with Crippen LogP contribution in [-0.2, 0) is 0 Å². The number of amides is 1. The maximum absolute atomic E-state index is 11.4. The lowest BCUT2D eigenvalue weighted by Crippen LogP contribution is -2.11. The molecule has 13 heavy (non-hydrogen) atoms. The molecule has 2 aromatic rings. The summed E-state index contributed by atoms with van der Waals surface area (Å²) in [7, 11) is 0. The van der Waals surface area contributed by atoms with Gasteiger partial charge in [0.2, 0.25) is 5.95 Å². The quantitative estimate of drug-likeness (QED) is 0.752. The number of thiazole rings is 1. The van der Waals surface area contributed by atoms with E-state index in [0.717, 1.165) is 0 Å². The van der Waals surface area contributed by atoms with Gasteiger partial charge < -0.3 is 4.98 Å². The van der Waals surface area contributed by atoms with Gasteiger partial charge in [0.1, 0.15) is 4.88 Å².